The van der Waals surface area contributed by atoms with E-state index in [1.807, 2.05) is 0 Å². The number of halogens is 6. The van der Waals surface area contributed by atoms with Gasteiger partial charge in [0.15, 0.2) is 29.9 Å². The van der Waals surface area contributed by atoms with Crippen molar-refractivity contribution in [3.63, 3.8) is 0 Å². The van der Waals surface area contributed by atoms with Gasteiger partial charge in [0.05, 0.1) is 41.3 Å². The molecule has 14 rings (SSSR count). The third-order valence-electron chi connectivity index (χ3n) is 21.4. The molecule has 126 heavy (non-hydrogen) atoms. The fraction of sp³-hybridized carbons (Fsp3) is 0.395. The molecule has 45 heteroatoms. The van der Waals surface area contributed by atoms with Crippen LogP contribution >= 0.6 is 23.2 Å². The van der Waals surface area contributed by atoms with Crippen molar-refractivity contribution >= 4 is 82.2 Å². The van der Waals surface area contributed by atoms with Crippen LogP contribution in [0, 0.1) is 5.92 Å². The molecule has 7 aliphatic rings. The van der Waals surface area contributed by atoms with Crippen molar-refractivity contribution < 1.29 is 145 Å². The molecule has 2 fully saturated rings. The van der Waals surface area contributed by atoms with Gasteiger partial charge in [0.1, 0.15) is 101 Å². The number of carbonyl (C=O) groups excluding carboxylic acids is 8. The number of amides is 8. The number of rotatable bonds is 22. The Morgan fingerprint density at radius 2 is 1.36 bits per heavy atom. The number of anilines is 1. The van der Waals surface area contributed by atoms with E-state index >= 15 is 14.4 Å². The van der Waals surface area contributed by atoms with Crippen LogP contribution in [0.2, 0.25) is 10.0 Å². The van der Waals surface area contributed by atoms with Crippen LogP contribution in [-0.4, -0.2) is 225 Å². The van der Waals surface area contributed by atoms with Gasteiger partial charge in [-0.25, -0.2) is 9.59 Å². The molecule has 0 spiro atoms. The number of carbonyl (C=O) groups is 9. The monoisotopic (exact) mass is 1800 g/mol. The molecule has 0 saturated carbocycles. The smallest absolute Gasteiger partial charge is 0.461 e. The number of likely N-dealkylation sites (N-methyl/N-ethyl adjacent to an activating group) is 1. The summed E-state index contributed by atoms with van der Waals surface area (Å²) in [5.41, 5.74) is 0.0341. The molecule has 39 nitrogen and oxygen atoms in total. The van der Waals surface area contributed by atoms with Gasteiger partial charge in [0, 0.05) is 59.6 Å². The second kappa shape index (κ2) is 38.4. The maximum Gasteiger partial charge on any atom is 0.461 e. The number of primary amides is 1. The van der Waals surface area contributed by atoms with Crippen LogP contribution in [0.15, 0.2) is 120 Å². The first-order chi connectivity index (χ1) is 59.5. The third kappa shape index (κ3) is 20.5. The van der Waals surface area contributed by atoms with Crippen LogP contribution < -0.4 is 78.2 Å². The summed E-state index contributed by atoms with van der Waals surface area (Å²) in [4.78, 5) is 148. The lowest BCUT2D eigenvalue weighted by Crippen LogP contribution is -2.65. The lowest BCUT2D eigenvalue weighted by Gasteiger charge is -2.48. The number of fused-ring (bicyclic) bond motifs is 15. The summed E-state index contributed by atoms with van der Waals surface area (Å²) in [6, 6.07) is 3.32. The second-order valence-corrected chi connectivity index (χ2v) is 31.6. The fourth-order valence-corrected chi connectivity index (χ4v) is 15.3. The highest BCUT2D eigenvalue weighted by Crippen LogP contribution is 2.50. The lowest BCUT2D eigenvalue weighted by molar-refractivity contribution is -0.334. The number of benzene rings is 6. The maximum atomic E-state index is 16.2. The number of aromatic nitrogens is 2. The summed E-state index contributed by atoms with van der Waals surface area (Å²) in [5, 5.41) is 138. The van der Waals surface area contributed by atoms with Crippen molar-refractivity contribution in [2.45, 2.75) is 175 Å². The highest BCUT2D eigenvalue weighted by atomic mass is 35.5. The van der Waals surface area contributed by atoms with Crippen LogP contribution in [0.1, 0.15) is 115 Å². The van der Waals surface area contributed by atoms with Gasteiger partial charge >= 0.3 is 24.2 Å². The lowest BCUT2D eigenvalue weighted by atomic mass is 9.85. The first-order valence-corrected chi connectivity index (χ1v) is 39.6. The molecule has 6 aromatic carbocycles. The minimum Gasteiger partial charge on any atom is -0.508 e. The highest BCUT2D eigenvalue weighted by Gasteiger charge is 2.53. The quantitative estimate of drug-likeness (QED) is 0.0433. The molecule has 21 N–H and O–H groups in total. The van der Waals surface area contributed by atoms with Crippen LogP contribution in [-0.2, 0) is 59.1 Å². The topological polar surface area (TPSA) is 590 Å². The molecule has 11 bridgehead atoms. The summed E-state index contributed by atoms with van der Waals surface area (Å²) >= 11 is 14.3. The van der Waals surface area contributed by atoms with Crippen LogP contribution in [0.5, 0.6) is 51.7 Å². The molecule has 18 atom stereocenters. The normalized spacial score (nSPS) is 26.0. The molecule has 7 aliphatic heterocycles. The Hall–Kier alpha value is -12.1. The number of hydrogen-bond donors (Lipinski definition) is 20. The van der Waals surface area contributed by atoms with Gasteiger partial charge < -0.3 is 138 Å². The van der Waals surface area contributed by atoms with E-state index in [1.54, 1.807) is 13.8 Å². The first kappa shape index (κ1) is 93.1. The number of alkyl halides is 4. The molecule has 3 unspecified atom stereocenters. The summed E-state index contributed by atoms with van der Waals surface area (Å²) in [7, 11) is 1.45. The summed E-state index contributed by atoms with van der Waals surface area (Å²) in [6.07, 6.45) is -27.9. The maximum absolute atomic E-state index is 16.2. The van der Waals surface area contributed by atoms with Gasteiger partial charge in [-0.05, 0) is 140 Å². The molecule has 1 aromatic heterocycles. The molecular formula is C81H86Cl2F4N12O27. The zero-order valence-corrected chi connectivity index (χ0v) is 68.3. The number of aliphatic hydroxyl groups is 6. The predicted octanol–water partition coefficient (Wildman–Crippen LogP) is 2.48. The number of hydrogen-bond acceptors (Lipinski definition) is 29. The number of phenols is 3. The van der Waals surface area contributed by atoms with Crippen LogP contribution in [0.3, 0.4) is 0 Å². The van der Waals surface area contributed by atoms with Crippen molar-refractivity contribution in [1.29, 1.82) is 0 Å². The average Bonchev–Trinajstić information content (AvgIpc) is 0.768. The van der Waals surface area contributed by atoms with Gasteiger partial charge in [-0.15, -0.1) is 0 Å². The number of nitrogens with one attached hydrogen (secondary N) is 9. The number of aliphatic hydroxyl groups excluding tert-OH is 6. The fourth-order valence-electron chi connectivity index (χ4n) is 14.8. The van der Waals surface area contributed by atoms with Crippen molar-refractivity contribution in [3.8, 4) is 62.9 Å². The summed E-state index contributed by atoms with van der Waals surface area (Å²) in [5.74, 6) is -18.7. The molecule has 0 radical (unpaired) electrons. The van der Waals surface area contributed by atoms with Gasteiger partial charge in [-0.2, -0.15) is 22.5 Å². The number of aromatic hydroxyl groups is 3. The molecule has 0 aliphatic carbocycles. The summed E-state index contributed by atoms with van der Waals surface area (Å²) in [6.45, 7) is 5.18. The standard InChI is InChI=1S/C81H86Cl2F4N12O27/c1-31(2)20-44(89-5)70(111)97-60-62(105)35-9-14-48(42(82)22-35)121-50-24-37-25-51(66(50)125-77-67(65(108)64(107)52(30-100)123-77)124-55-29-80(4,68(109)32(3)120-55)90-17-19-99-18-16-54(93-79(99)119)92-69(110)33-6-11-39(12-7-33)126-81(86,87)78(84)85)122-49-15-10-36(23-43(49)83)63(106)61-75(116)96-59(76(117)118)41-26-38(101)27-47(103)56(41)40-21-34(8-13-46(40)102)57(72(113)98-61)95-73(114)58(37)94-71(112)45(28-53(88)104)91-74(60)115/h6-16,18,21-27,31-32,44-45,52,55,57-65,67-68,77-78,89-90,100-103,105-109H,17,19-20,28-30H2,1-5H3,(H2,88,104)(H,91,115)(H,94,112)(H,95,114)(H,96,116)(H,97,111)(H,98,113)(H,117,118)(H,92,93,110,119)/t32-,44+,45+,52+,55+,57+,58?,59-,60-,61-,62-,63-,64-,65-,67-,68+,77?,80?/m1/s1. The zero-order valence-electron chi connectivity index (χ0n) is 66.8. The minimum atomic E-state index is -4.82. The Morgan fingerprint density at radius 1 is 0.730 bits per heavy atom. The van der Waals surface area contributed by atoms with Gasteiger partial charge in [-0.3, -0.25) is 42.9 Å². The number of ether oxygens (including phenoxy) is 7. The van der Waals surface area contributed by atoms with E-state index < -0.39 is 283 Å². The Kier molecular flexibility index (Phi) is 28.3. The predicted molar refractivity (Wildman–Crippen MR) is 428 cm³/mol. The number of aliphatic carboxylic acids is 1. The first-order valence-electron chi connectivity index (χ1n) is 38.8. The molecule has 8 amide bonds. The van der Waals surface area contributed by atoms with Crippen LogP contribution in [0.25, 0.3) is 11.1 Å². The number of phenolic OH excluding ortho intramolecular Hbond substituents is 3. The van der Waals surface area contributed by atoms with E-state index in [2.05, 4.69) is 57.6 Å². The van der Waals surface area contributed by atoms with E-state index in [9.17, 15) is 102 Å². The number of carboxylic acids is 1. The van der Waals surface area contributed by atoms with E-state index in [4.69, 9.17) is 57.4 Å². The van der Waals surface area contributed by atoms with Crippen molar-refractivity contribution in [2.75, 3.05) is 25.5 Å². The molecule has 2 saturated heterocycles. The van der Waals surface area contributed by atoms with Gasteiger partial charge in [0.25, 0.3) is 5.91 Å². The highest BCUT2D eigenvalue weighted by molar-refractivity contribution is 6.32. The Bertz CT molecular complexity index is 5420. The Balaban J connectivity index is 0.971. The van der Waals surface area contributed by atoms with Gasteiger partial charge in [0.2, 0.25) is 53.4 Å². The average molecular weight is 1810 g/mol. The number of nitrogens with two attached hydrogens (primary N) is 1. The SMILES string of the molecule is CN[C@@H](CC(C)C)C(=O)N[C@H]1C(=O)N[C@@H](CC(N)=O)C(=O)NC2C(=O)N[C@@H]3C(=O)N[C@@H](C(=O)N[C@@H](C(=O)O)c4cc(O)cc(O)c4-c4cc3ccc4O)[C@H](O)c3ccc(c(Cl)c3)Oc3cc2cc(c3OC2O[C@@H](CO)[C@@H](O)[C@@H](O)[C@H]2O[C@H]2CC(C)(NCCn3ccc(NC(=O)c4ccc(OC(F)(F)C(F)F)cc4)nc3=O)[C@@H](O)[C@@H](C)O2)Oc2ccc(cc2Cl)[C@H]1O. The van der Waals surface area contributed by atoms with Gasteiger partial charge in [-0.1, -0.05) is 55.2 Å². The molecular weight excluding hydrogens is 1720 g/mol. The van der Waals surface area contributed by atoms with Crippen molar-refractivity contribution in [3.05, 3.63) is 169 Å². The van der Waals surface area contributed by atoms with E-state index in [0.717, 1.165) is 102 Å². The minimum absolute atomic E-state index is 0.138. The Labute approximate surface area is 720 Å². The van der Waals surface area contributed by atoms with Crippen molar-refractivity contribution in [1.82, 2.24) is 52.1 Å². The van der Waals surface area contributed by atoms with E-state index in [1.165, 1.54) is 39.2 Å². The largest absolute Gasteiger partial charge is 0.508 e. The molecule has 7 aromatic rings. The second-order valence-electron chi connectivity index (χ2n) is 30.8. The molecule has 674 valence electrons. The van der Waals surface area contributed by atoms with Crippen molar-refractivity contribution in [2.24, 2.45) is 11.7 Å². The van der Waals surface area contributed by atoms with E-state index in [0.29, 0.717) is 0 Å². The zero-order chi connectivity index (χ0) is 91.6. The number of nitrogens with zero attached hydrogens (tertiary/aromatic N) is 2. The third-order valence-corrected chi connectivity index (χ3v) is 21.9. The number of carboxylic acid groups (broad SMARTS) is 1. The van der Waals surface area contributed by atoms with Crippen LogP contribution in [0.4, 0.5) is 23.4 Å². The van der Waals surface area contributed by atoms with E-state index in [-0.39, 0.29) is 54.4 Å². The molecule has 8 heterocycles. The Morgan fingerprint density at radius 3 is 1.96 bits per heavy atom. The summed E-state index contributed by atoms with van der Waals surface area (Å²) < 4.78 is 96.7.